The molecule has 2 N–H and O–H groups in total. The minimum Gasteiger partial charge on any atom is -0.394 e. The molecule has 0 aromatic heterocycles. The van der Waals surface area contributed by atoms with Crippen molar-refractivity contribution in [3.8, 4) is 6.07 Å². The number of aliphatic hydroxyl groups is 1. The van der Waals surface area contributed by atoms with Gasteiger partial charge in [0.25, 0.3) is 0 Å². The summed E-state index contributed by atoms with van der Waals surface area (Å²) in [6.45, 7) is 4.24. The summed E-state index contributed by atoms with van der Waals surface area (Å²) in [4.78, 5) is 0. The molecule has 1 saturated carbocycles. The molecule has 1 fully saturated rings. The van der Waals surface area contributed by atoms with Gasteiger partial charge in [0.15, 0.2) is 0 Å². The van der Waals surface area contributed by atoms with Crippen molar-refractivity contribution in [2.24, 2.45) is 5.92 Å². The third-order valence-electron chi connectivity index (χ3n) is 3.84. The van der Waals surface area contributed by atoms with Crippen LogP contribution in [0.4, 0.5) is 0 Å². The molecule has 0 bridgehead atoms. The molecule has 1 rings (SSSR count). The fourth-order valence-corrected chi connectivity index (χ4v) is 2.34. The topological polar surface area (TPSA) is 56.0 Å². The van der Waals surface area contributed by atoms with Crippen molar-refractivity contribution in [3.05, 3.63) is 0 Å². The van der Waals surface area contributed by atoms with Crippen LogP contribution in [-0.2, 0) is 0 Å². The van der Waals surface area contributed by atoms with E-state index in [1.54, 1.807) is 0 Å². The van der Waals surface area contributed by atoms with Gasteiger partial charge in [-0.2, -0.15) is 5.26 Å². The first kappa shape index (κ1) is 13.5. The van der Waals surface area contributed by atoms with E-state index >= 15 is 0 Å². The molecular weight excluding hydrogens is 200 g/mol. The Hall–Kier alpha value is -0.590. The van der Waals surface area contributed by atoms with Crippen molar-refractivity contribution < 1.29 is 5.11 Å². The van der Waals surface area contributed by atoms with E-state index in [2.05, 4.69) is 18.3 Å². The van der Waals surface area contributed by atoms with Crippen LogP contribution in [-0.4, -0.2) is 23.3 Å². The molecule has 0 aliphatic heterocycles. The van der Waals surface area contributed by atoms with Crippen LogP contribution in [0.1, 0.15) is 52.4 Å². The van der Waals surface area contributed by atoms with Gasteiger partial charge in [0.2, 0.25) is 0 Å². The van der Waals surface area contributed by atoms with Crippen molar-refractivity contribution in [1.29, 1.82) is 5.26 Å². The minimum atomic E-state index is -0.232. The molecule has 3 nitrogen and oxygen atoms in total. The van der Waals surface area contributed by atoms with Gasteiger partial charge < -0.3 is 10.4 Å². The van der Waals surface area contributed by atoms with E-state index in [-0.39, 0.29) is 24.1 Å². The summed E-state index contributed by atoms with van der Waals surface area (Å²) in [5.74, 6) is 0.111. The van der Waals surface area contributed by atoms with E-state index in [1.165, 1.54) is 19.3 Å². The largest absolute Gasteiger partial charge is 0.394 e. The Balaban J connectivity index is 2.64. The summed E-state index contributed by atoms with van der Waals surface area (Å²) < 4.78 is 0. The smallest absolute Gasteiger partial charge is 0.0672 e. The van der Waals surface area contributed by atoms with Crippen molar-refractivity contribution in [3.63, 3.8) is 0 Å². The van der Waals surface area contributed by atoms with Gasteiger partial charge in [-0.05, 0) is 26.2 Å². The fraction of sp³-hybridized carbons (Fsp3) is 0.923. The highest BCUT2D eigenvalue weighted by atomic mass is 16.3. The predicted molar refractivity (Wildman–Crippen MR) is 64.9 cm³/mol. The van der Waals surface area contributed by atoms with Crippen LogP contribution < -0.4 is 5.32 Å². The number of hydrogen-bond donors (Lipinski definition) is 2. The molecule has 0 heterocycles. The quantitative estimate of drug-likeness (QED) is 0.720. The van der Waals surface area contributed by atoms with Gasteiger partial charge in [-0.3, -0.25) is 0 Å². The Morgan fingerprint density at radius 3 is 2.62 bits per heavy atom. The summed E-state index contributed by atoms with van der Waals surface area (Å²) in [5, 5.41) is 22.1. The van der Waals surface area contributed by atoms with Gasteiger partial charge in [-0.1, -0.05) is 26.2 Å². The molecule has 0 saturated heterocycles. The molecule has 3 atom stereocenters. The van der Waals surface area contributed by atoms with Gasteiger partial charge in [-0.15, -0.1) is 0 Å². The zero-order chi connectivity index (χ0) is 12.0. The highest BCUT2D eigenvalue weighted by Crippen LogP contribution is 2.25. The summed E-state index contributed by atoms with van der Waals surface area (Å²) in [6.07, 6.45) is 6.54. The molecule has 0 spiro atoms. The van der Waals surface area contributed by atoms with Crippen LogP contribution >= 0.6 is 0 Å². The fourth-order valence-electron chi connectivity index (χ4n) is 2.34. The second-order valence-electron chi connectivity index (χ2n) is 5.20. The third kappa shape index (κ3) is 3.47. The Bertz CT molecular complexity index is 243. The summed E-state index contributed by atoms with van der Waals surface area (Å²) in [7, 11) is 0. The lowest BCUT2D eigenvalue weighted by molar-refractivity contribution is 0.146. The number of nitrogens with one attached hydrogen (secondary N) is 1. The molecule has 0 radical (unpaired) electrons. The molecule has 1 aliphatic rings. The predicted octanol–water partition coefficient (Wildman–Crippen LogP) is 2.21. The second kappa shape index (κ2) is 6.22. The monoisotopic (exact) mass is 224 g/mol. The van der Waals surface area contributed by atoms with Gasteiger partial charge >= 0.3 is 0 Å². The molecular formula is C13H24N2O. The standard InChI is InChI=1S/C13H24N2O/c1-3-13(2,10-16)15-12-8-6-4-5-7-11(12)9-14/h11-12,15-16H,3-8,10H2,1-2H3. The van der Waals surface area contributed by atoms with Crippen molar-refractivity contribution >= 4 is 0 Å². The molecule has 92 valence electrons. The van der Waals surface area contributed by atoms with Crippen LogP contribution in [0.5, 0.6) is 0 Å². The average molecular weight is 224 g/mol. The lowest BCUT2D eigenvalue weighted by Gasteiger charge is -2.34. The maximum atomic E-state index is 9.40. The second-order valence-corrected chi connectivity index (χ2v) is 5.20. The minimum absolute atomic E-state index is 0.111. The zero-order valence-corrected chi connectivity index (χ0v) is 10.5. The van der Waals surface area contributed by atoms with Crippen LogP contribution in [0.2, 0.25) is 0 Å². The van der Waals surface area contributed by atoms with E-state index in [4.69, 9.17) is 0 Å². The van der Waals surface area contributed by atoms with Crippen molar-refractivity contribution in [2.45, 2.75) is 64.0 Å². The van der Waals surface area contributed by atoms with E-state index in [0.717, 1.165) is 19.3 Å². The lowest BCUT2D eigenvalue weighted by Crippen LogP contribution is -2.52. The van der Waals surface area contributed by atoms with E-state index in [0.29, 0.717) is 0 Å². The first-order chi connectivity index (χ1) is 7.65. The Labute approximate surface area is 98.8 Å². The molecule has 0 aromatic rings. The number of hydrogen-bond acceptors (Lipinski definition) is 3. The Kier molecular flexibility index (Phi) is 5.24. The first-order valence-corrected chi connectivity index (χ1v) is 6.43. The summed E-state index contributed by atoms with van der Waals surface area (Å²) in [5.41, 5.74) is -0.232. The van der Waals surface area contributed by atoms with Gasteiger partial charge in [-0.25, -0.2) is 0 Å². The molecule has 0 aromatic carbocycles. The number of nitrogens with zero attached hydrogens (tertiary/aromatic N) is 1. The van der Waals surface area contributed by atoms with Gasteiger partial charge in [0, 0.05) is 11.6 Å². The number of rotatable bonds is 4. The normalized spacial score (nSPS) is 30.1. The maximum absolute atomic E-state index is 9.40. The van der Waals surface area contributed by atoms with Crippen LogP contribution in [0.15, 0.2) is 0 Å². The SMILES string of the molecule is CCC(C)(CO)NC1CCCCCC1C#N. The molecule has 16 heavy (non-hydrogen) atoms. The summed E-state index contributed by atoms with van der Waals surface area (Å²) >= 11 is 0. The van der Waals surface area contributed by atoms with Crippen LogP contribution in [0, 0.1) is 17.2 Å². The number of aliphatic hydroxyl groups excluding tert-OH is 1. The van der Waals surface area contributed by atoms with E-state index < -0.39 is 0 Å². The molecule has 0 amide bonds. The van der Waals surface area contributed by atoms with E-state index in [1.807, 2.05) is 6.92 Å². The number of nitriles is 1. The Morgan fingerprint density at radius 2 is 2.06 bits per heavy atom. The van der Waals surface area contributed by atoms with Crippen LogP contribution in [0.25, 0.3) is 0 Å². The van der Waals surface area contributed by atoms with E-state index in [9.17, 15) is 10.4 Å². The third-order valence-corrected chi connectivity index (χ3v) is 3.84. The van der Waals surface area contributed by atoms with Gasteiger partial charge in [0.1, 0.15) is 0 Å². The molecule has 3 unspecified atom stereocenters. The summed E-state index contributed by atoms with van der Waals surface area (Å²) in [6, 6.07) is 2.67. The highest BCUT2D eigenvalue weighted by molar-refractivity contribution is 4.97. The maximum Gasteiger partial charge on any atom is 0.0672 e. The van der Waals surface area contributed by atoms with Crippen molar-refractivity contribution in [1.82, 2.24) is 5.32 Å². The molecule has 1 aliphatic carbocycles. The average Bonchev–Trinajstić information content (AvgIpc) is 2.54. The first-order valence-electron chi connectivity index (χ1n) is 6.43. The zero-order valence-electron chi connectivity index (χ0n) is 10.5. The Morgan fingerprint density at radius 1 is 1.38 bits per heavy atom. The van der Waals surface area contributed by atoms with Crippen molar-refractivity contribution in [2.75, 3.05) is 6.61 Å². The highest BCUT2D eigenvalue weighted by Gasteiger charge is 2.30. The molecule has 3 heteroatoms. The lowest BCUT2D eigenvalue weighted by atomic mass is 9.91. The van der Waals surface area contributed by atoms with Crippen LogP contribution in [0.3, 0.4) is 0 Å². The van der Waals surface area contributed by atoms with Gasteiger partial charge in [0.05, 0.1) is 18.6 Å².